The third kappa shape index (κ3) is 3.34. The highest BCUT2D eigenvalue weighted by atomic mass is 16.5. The topological polar surface area (TPSA) is 80.5 Å². The first-order chi connectivity index (χ1) is 13.5. The molecular weight excluding hydrogens is 354 g/mol. The van der Waals surface area contributed by atoms with Crippen LogP contribution in [-0.4, -0.2) is 22.6 Å². The van der Waals surface area contributed by atoms with Gasteiger partial charge in [0.25, 0.3) is 5.56 Å². The van der Waals surface area contributed by atoms with E-state index in [0.29, 0.717) is 23.4 Å². The average molecular weight is 375 g/mol. The van der Waals surface area contributed by atoms with E-state index in [-0.39, 0.29) is 5.56 Å². The molecular formula is C21H21N5O2. The monoisotopic (exact) mass is 375 g/mol. The van der Waals surface area contributed by atoms with Gasteiger partial charge in [-0.05, 0) is 37.6 Å². The van der Waals surface area contributed by atoms with Crippen molar-refractivity contribution in [3.8, 4) is 5.75 Å². The summed E-state index contributed by atoms with van der Waals surface area (Å²) in [5.41, 5.74) is 3.27. The van der Waals surface area contributed by atoms with Crippen molar-refractivity contribution >= 4 is 17.6 Å². The zero-order valence-electron chi connectivity index (χ0n) is 15.9. The van der Waals surface area contributed by atoms with E-state index in [9.17, 15) is 4.79 Å². The van der Waals surface area contributed by atoms with E-state index in [1.54, 1.807) is 14.0 Å². The summed E-state index contributed by atoms with van der Waals surface area (Å²) in [5.74, 6) is 1.61. The number of methoxy groups -OCH3 is 1. The number of hydrogen-bond acceptors (Lipinski definition) is 6. The van der Waals surface area contributed by atoms with E-state index in [0.717, 1.165) is 16.8 Å². The second-order valence-electron chi connectivity index (χ2n) is 6.64. The summed E-state index contributed by atoms with van der Waals surface area (Å²) in [6.07, 6.45) is -0.597. The highest BCUT2D eigenvalue weighted by molar-refractivity contribution is 6.03. The molecule has 0 spiro atoms. The van der Waals surface area contributed by atoms with Gasteiger partial charge in [0.05, 0.1) is 7.11 Å². The predicted octanol–water partition coefficient (Wildman–Crippen LogP) is 3.31. The predicted molar refractivity (Wildman–Crippen MR) is 110 cm³/mol. The molecule has 2 heterocycles. The summed E-state index contributed by atoms with van der Waals surface area (Å²) < 4.78 is 7.03. The molecule has 4 rings (SSSR count). The standard InChI is InChI=1S/C21H21N5O2/c1-13-7-6-8-15(11-13)23-20-24-19(16-9-4-5-10-17(16)28-3)26-18(27)12-14(2)22-21(26)25-20/h4-12,19H,1-3H3,(H2,22,23,24,25)/t19-/m1/s1. The average Bonchev–Trinajstić information content (AvgIpc) is 2.67. The fraction of sp³-hybridized carbons (Fsp3) is 0.190. The van der Waals surface area contributed by atoms with Crippen LogP contribution < -0.4 is 20.9 Å². The molecule has 0 saturated carbocycles. The van der Waals surface area contributed by atoms with Crippen LogP contribution in [0.1, 0.15) is 23.0 Å². The summed E-state index contributed by atoms with van der Waals surface area (Å²) in [4.78, 5) is 22.0. The van der Waals surface area contributed by atoms with Crippen LogP contribution in [0.5, 0.6) is 5.75 Å². The number of hydrogen-bond donors (Lipinski definition) is 2. The molecule has 0 unspecified atom stereocenters. The SMILES string of the molecule is COc1ccccc1[C@@H]1N=C(Nc2cccc(C)c2)Nc2nc(C)cc(=O)n21. The van der Waals surface area contributed by atoms with Crippen LogP contribution in [0.15, 0.2) is 64.4 Å². The van der Waals surface area contributed by atoms with E-state index >= 15 is 0 Å². The molecule has 7 nitrogen and oxygen atoms in total. The van der Waals surface area contributed by atoms with Gasteiger partial charge in [-0.3, -0.25) is 14.7 Å². The van der Waals surface area contributed by atoms with Crippen molar-refractivity contribution in [2.45, 2.75) is 20.0 Å². The third-order valence-corrected chi connectivity index (χ3v) is 4.50. The Balaban J connectivity index is 1.84. The molecule has 0 aliphatic carbocycles. The first-order valence-electron chi connectivity index (χ1n) is 8.97. The fourth-order valence-electron chi connectivity index (χ4n) is 3.26. The molecule has 1 aliphatic rings. The number of benzene rings is 2. The number of aryl methyl sites for hydroxylation is 2. The van der Waals surface area contributed by atoms with E-state index in [2.05, 4.69) is 15.6 Å². The molecule has 0 fully saturated rings. The molecule has 28 heavy (non-hydrogen) atoms. The fourth-order valence-corrected chi connectivity index (χ4v) is 3.26. The highest BCUT2D eigenvalue weighted by Gasteiger charge is 2.27. The number of guanidine groups is 1. The molecule has 1 aliphatic heterocycles. The number of ether oxygens (including phenoxy) is 1. The molecule has 0 radical (unpaired) electrons. The van der Waals surface area contributed by atoms with Gasteiger partial charge in [0.15, 0.2) is 6.17 Å². The quantitative estimate of drug-likeness (QED) is 0.734. The van der Waals surface area contributed by atoms with Crippen molar-refractivity contribution in [1.82, 2.24) is 9.55 Å². The molecule has 3 aromatic rings. The van der Waals surface area contributed by atoms with Gasteiger partial charge in [-0.2, -0.15) is 0 Å². The molecule has 0 bridgehead atoms. The van der Waals surface area contributed by atoms with Crippen LogP contribution in [-0.2, 0) is 0 Å². The number of fused-ring (bicyclic) bond motifs is 1. The van der Waals surface area contributed by atoms with Crippen molar-refractivity contribution in [2.75, 3.05) is 17.7 Å². The largest absolute Gasteiger partial charge is 0.496 e. The van der Waals surface area contributed by atoms with Gasteiger partial charge >= 0.3 is 0 Å². The number of nitrogens with one attached hydrogen (secondary N) is 2. The second-order valence-corrected chi connectivity index (χ2v) is 6.64. The Morgan fingerprint density at radius 1 is 1.11 bits per heavy atom. The lowest BCUT2D eigenvalue weighted by Crippen LogP contribution is -2.37. The highest BCUT2D eigenvalue weighted by Crippen LogP contribution is 2.31. The van der Waals surface area contributed by atoms with Crippen molar-refractivity contribution in [3.63, 3.8) is 0 Å². The molecule has 142 valence electrons. The summed E-state index contributed by atoms with van der Waals surface area (Å²) in [6.45, 7) is 3.82. The van der Waals surface area contributed by atoms with Crippen molar-refractivity contribution < 1.29 is 4.74 Å². The number of para-hydroxylation sites is 1. The Kier molecular flexibility index (Phi) is 4.57. The minimum atomic E-state index is -0.597. The summed E-state index contributed by atoms with van der Waals surface area (Å²) >= 11 is 0. The Morgan fingerprint density at radius 2 is 1.93 bits per heavy atom. The lowest BCUT2D eigenvalue weighted by atomic mass is 10.1. The van der Waals surface area contributed by atoms with Crippen LogP contribution in [0.25, 0.3) is 0 Å². The Labute approximate surface area is 162 Å². The molecule has 1 aromatic heterocycles. The zero-order valence-corrected chi connectivity index (χ0v) is 15.9. The maximum Gasteiger partial charge on any atom is 0.257 e. The smallest absolute Gasteiger partial charge is 0.257 e. The maximum absolute atomic E-state index is 12.7. The maximum atomic E-state index is 12.7. The molecule has 2 N–H and O–H groups in total. The summed E-state index contributed by atoms with van der Waals surface area (Å²) in [5, 5.41) is 6.42. The number of aromatic nitrogens is 2. The van der Waals surface area contributed by atoms with Crippen LogP contribution in [0.4, 0.5) is 11.6 Å². The number of rotatable bonds is 3. The Morgan fingerprint density at radius 3 is 2.71 bits per heavy atom. The lowest BCUT2D eigenvalue weighted by Gasteiger charge is -2.27. The van der Waals surface area contributed by atoms with E-state index in [1.807, 2.05) is 55.5 Å². The van der Waals surface area contributed by atoms with Crippen molar-refractivity contribution in [2.24, 2.45) is 4.99 Å². The van der Waals surface area contributed by atoms with Crippen LogP contribution in [0.3, 0.4) is 0 Å². The summed E-state index contributed by atoms with van der Waals surface area (Å²) in [7, 11) is 1.60. The van der Waals surface area contributed by atoms with Crippen LogP contribution >= 0.6 is 0 Å². The van der Waals surface area contributed by atoms with Crippen LogP contribution in [0, 0.1) is 13.8 Å². The molecule has 1 atom stereocenters. The van der Waals surface area contributed by atoms with E-state index in [4.69, 9.17) is 9.73 Å². The minimum Gasteiger partial charge on any atom is -0.496 e. The molecule has 0 amide bonds. The number of nitrogens with zero attached hydrogens (tertiary/aromatic N) is 3. The van der Waals surface area contributed by atoms with Crippen LogP contribution in [0.2, 0.25) is 0 Å². The minimum absolute atomic E-state index is 0.177. The normalized spacial score (nSPS) is 15.2. The van der Waals surface area contributed by atoms with Gasteiger partial charge in [-0.1, -0.05) is 30.3 Å². The molecule has 7 heteroatoms. The summed E-state index contributed by atoms with van der Waals surface area (Å²) in [6, 6.07) is 17.0. The lowest BCUT2D eigenvalue weighted by molar-refractivity contribution is 0.401. The first kappa shape index (κ1) is 17.8. The molecule has 0 saturated heterocycles. The molecule has 2 aromatic carbocycles. The van der Waals surface area contributed by atoms with E-state index < -0.39 is 6.17 Å². The third-order valence-electron chi connectivity index (χ3n) is 4.50. The zero-order chi connectivity index (χ0) is 19.7. The van der Waals surface area contributed by atoms with Gasteiger partial charge < -0.3 is 10.1 Å². The van der Waals surface area contributed by atoms with Gasteiger partial charge in [-0.15, -0.1) is 0 Å². The van der Waals surface area contributed by atoms with Gasteiger partial charge in [0.2, 0.25) is 11.9 Å². The number of aliphatic imine (C=N–C) groups is 1. The first-order valence-corrected chi connectivity index (χ1v) is 8.97. The van der Waals surface area contributed by atoms with Gasteiger partial charge in [0.1, 0.15) is 5.75 Å². The Hall–Kier alpha value is -3.61. The number of anilines is 2. The second kappa shape index (κ2) is 7.19. The Bertz CT molecular complexity index is 1120. The van der Waals surface area contributed by atoms with Gasteiger partial charge in [0, 0.05) is 23.0 Å². The van der Waals surface area contributed by atoms with Gasteiger partial charge in [-0.25, -0.2) is 9.98 Å². The van der Waals surface area contributed by atoms with Crippen molar-refractivity contribution in [1.29, 1.82) is 0 Å². The van der Waals surface area contributed by atoms with E-state index in [1.165, 1.54) is 10.6 Å². The van der Waals surface area contributed by atoms with Crippen molar-refractivity contribution in [3.05, 3.63) is 81.8 Å².